The van der Waals surface area contributed by atoms with Crippen LogP contribution in [0.4, 0.5) is 17.6 Å². The number of fused-ring (bicyclic) bond motifs is 3. The van der Waals surface area contributed by atoms with Gasteiger partial charge >= 0.3 is 12.2 Å². The monoisotopic (exact) mass is 551 g/mol. The summed E-state index contributed by atoms with van der Waals surface area (Å²) in [5.74, 6) is -0.654. The van der Waals surface area contributed by atoms with E-state index in [1.54, 1.807) is 30.7 Å². The first-order valence-corrected chi connectivity index (χ1v) is 13.0. The van der Waals surface area contributed by atoms with Gasteiger partial charge in [-0.15, -0.1) is 0 Å². The minimum atomic E-state index is -2.93. The van der Waals surface area contributed by atoms with Crippen LogP contribution in [0.25, 0.3) is 28.1 Å². The molecule has 1 N–H and O–H groups in total. The Morgan fingerprint density at radius 1 is 1.05 bits per heavy atom. The maximum Gasteiger partial charge on any atom is 0.338 e. The van der Waals surface area contributed by atoms with Gasteiger partial charge in [0.15, 0.2) is 5.82 Å². The molecule has 0 radical (unpaired) electrons. The molecule has 0 saturated heterocycles. The lowest BCUT2D eigenvalue weighted by molar-refractivity contribution is 0.0615. The van der Waals surface area contributed by atoms with Crippen molar-refractivity contribution in [3.63, 3.8) is 0 Å². The second-order valence-electron chi connectivity index (χ2n) is 10.8. The molecule has 2 aliphatic rings. The van der Waals surface area contributed by atoms with Crippen molar-refractivity contribution >= 4 is 10.9 Å². The number of halogens is 4. The zero-order valence-electron chi connectivity index (χ0n) is 21.9. The van der Waals surface area contributed by atoms with Gasteiger partial charge in [0.1, 0.15) is 11.6 Å². The first-order chi connectivity index (χ1) is 19.1. The van der Waals surface area contributed by atoms with Crippen LogP contribution in [-0.4, -0.2) is 35.2 Å². The number of nitrogens with zero attached hydrogens (tertiary/aromatic N) is 6. The summed E-state index contributed by atoms with van der Waals surface area (Å²) in [4.78, 5) is 13.9. The molecule has 7 rings (SSSR count). The first kappa shape index (κ1) is 24.8. The van der Waals surface area contributed by atoms with Gasteiger partial charge in [-0.25, -0.2) is 22.9 Å². The van der Waals surface area contributed by atoms with Crippen LogP contribution < -0.4 is 11.0 Å². The van der Waals surface area contributed by atoms with E-state index in [-0.39, 0.29) is 33.9 Å². The molecule has 0 amide bonds. The van der Waals surface area contributed by atoms with Gasteiger partial charge in [0.25, 0.3) is 0 Å². The van der Waals surface area contributed by atoms with Crippen molar-refractivity contribution in [1.29, 1.82) is 0 Å². The largest absolute Gasteiger partial charge is 0.338 e. The molecule has 1 aliphatic carbocycles. The van der Waals surface area contributed by atoms with Crippen LogP contribution in [0.1, 0.15) is 54.7 Å². The van der Waals surface area contributed by atoms with E-state index in [1.807, 2.05) is 6.92 Å². The fourth-order valence-electron chi connectivity index (χ4n) is 5.91. The molecule has 1 atom stereocenters. The number of hydrogen-bond donors (Lipinski definition) is 1. The van der Waals surface area contributed by atoms with Crippen LogP contribution in [0.3, 0.4) is 0 Å². The van der Waals surface area contributed by atoms with Crippen molar-refractivity contribution in [3.8, 4) is 17.2 Å². The minimum absolute atomic E-state index is 0.0763. The third kappa shape index (κ3) is 3.38. The average Bonchev–Trinajstić information content (AvgIpc) is 3.23. The number of aromatic nitrogens is 6. The lowest BCUT2D eigenvalue weighted by Crippen LogP contribution is -2.36. The number of nitrogens with one attached hydrogen (secondary N) is 1. The number of benzene rings is 2. The normalized spacial score (nSPS) is 17.8. The van der Waals surface area contributed by atoms with Crippen LogP contribution in [0.5, 0.6) is 0 Å². The van der Waals surface area contributed by atoms with Crippen LogP contribution in [0, 0.1) is 25.5 Å². The summed E-state index contributed by atoms with van der Waals surface area (Å²) in [6.07, 6.45) is 5.92. The van der Waals surface area contributed by atoms with Gasteiger partial charge in [0, 0.05) is 36.0 Å². The molecule has 4 heterocycles. The quantitative estimate of drug-likeness (QED) is 0.314. The van der Waals surface area contributed by atoms with E-state index in [0.717, 1.165) is 41.4 Å². The fraction of sp³-hybridized carbons (Fsp3) is 0.321. The van der Waals surface area contributed by atoms with Gasteiger partial charge in [0.05, 0.1) is 34.2 Å². The van der Waals surface area contributed by atoms with E-state index >= 15 is 4.39 Å². The summed E-state index contributed by atoms with van der Waals surface area (Å²) in [7, 11) is 0. The summed E-state index contributed by atoms with van der Waals surface area (Å²) >= 11 is 0. The molecule has 1 fully saturated rings. The van der Waals surface area contributed by atoms with Crippen LogP contribution in [-0.2, 0) is 5.41 Å². The molecule has 3 aromatic heterocycles. The number of aryl methyl sites for hydroxylation is 2. The third-order valence-electron chi connectivity index (χ3n) is 8.24. The summed E-state index contributed by atoms with van der Waals surface area (Å²) in [5.41, 5.74) is 2.41. The van der Waals surface area contributed by atoms with Crippen LogP contribution in [0.15, 0.2) is 47.7 Å². The zero-order valence-corrected chi connectivity index (χ0v) is 21.9. The van der Waals surface area contributed by atoms with Crippen molar-refractivity contribution < 1.29 is 17.6 Å². The van der Waals surface area contributed by atoms with E-state index in [0.29, 0.717) is 27.3 Å². The predicted octanol–water partition coefficient (Wildman–Crippen LogP) is 5.15. The van der Waals surface area contributed by atoms with E-state index in [4.69, 9.17) is 5.10 Å². The van der Waals surface area contributed by atoms with Crippen LogP contribution in [0.2, 0.25) is 0 Å². The molecule has 5 aromatic rings. The van der Waals surface area contributed by atoms with E-state index < -0.39 is 18.1 Å². The summed E-state index contributed by atoms with van der Waals surface area (Å²) in [6.45, 7) is 3.20. The molecule has 2 aromatic carbocycles. The predicted molar refractivity (Wildman–Crippen MR) is 140 cm³/mol. The first-order valence-electron chi connectivity index (χ1n) is 13.0. The summed E-state index contributed by atoms with van der Waals surface area (Å²) in [5, 5.41) is 12.0. The van der Waals surface area contributed by atoms with Crippen LogP contribution >= 0.6 is 0 Å². The molecule has 206 valence electrons. The Labute approximate surface area is 225 Å². The van der Waals surface area contributed by atoms with Gasteiger partial charge in [-0.3, -0.25) is 9.13 Å². The van der Waals surface area contributed by atoms with Gasteiger partial charge in [-0.05, 0) is 69.0 Å². The molecule has 8 nitrogen and oxygen atoms in total. The SMILES string of the molecule is Cc1cc(-n2nc3c(c2-n2ccn(-c4ccc5c(cnn5C(F)F)c4F)c2=O)[C@H](C)NCC32CC2)cc(C)c1F. The number of imidazole rings is 1. The highest BCUT2D eigenvalue weighted by Gasteiger charge is 2.52. The second kappa shape index (κ2) is 8.40. The molecular weight excluding hydrogens is 526 g/mol. The second-order valence-corrected chi connectivity index (χ2v) is 10.8. The molecule has 1 aliphatic heterocycles. The highest BCUT2D eigenvalue weighted by molar-refractivity contribution is 5.82. The smallest absolute Gasteiger partial charge is 0.309 e. The molecule has 0 bridgehead atoms. The third-order valence-corrected chi connectivity index (χ3v) is 8.24. The molecule has 0 unspecified atom stereocenters. The number of alkyl halides is 2. The molecular formula is C28H25F4N7O. The maximum absolute atomic E-state index is 15.5. The van der Waals surface area contributed by atoms with Crippen molar-refractivity contribution in [2.75, 3.05) is 6.54 Å². The van der Waals surface area contributed by atoms with E-state index in [2.05, 4.69) is 10.4 Å². The van der Waals surface area contributed by atoms with Crippen molar-refractivity contribution in [1.82, 2.24) is 34.0 Å². The van der Waals surface area contributed by atoms with Gasteiger partial charge in [-0.1, -0.05) is 0 Å². The summed E-state index contributed by atoms with van der Waals surface area (Å²) in [6, 6.07) is 5.86. The Balaban J connectivity index is 1.45. The van der Waals surface area contributed by atoms with Gasteiger partial charge in [0.2, 0.25) is 0 Å². The Morgan fingerprint density at radius 3 is 2.42 bits per heavy atom. The van der Waals surface area contributed by atoms with Crippen molar-refractivity contribution in [3.05, 3.63) is 87.4 Å². The highest BCUT2D eigenvalue weighted by atomic mass is 19.3. The Morgan fingerprint density at radius 2 is 1.75 bits per heavy atom. The lowest BCUT2D eigenvalue weighted by atomic mass is 9.90. The lowest BCUT2D eigenvalue weighted by Gasteiger charge is -2.27. The number of hydrogen-bond acceptors (Lipinski definition) is 4. The fourth-order valence-corrected chi connectivity index (χ4v) is 5.91. The Hall–Kier alpha value is -4.19. The molecule has 1 saturated carbocycles. The van der Waals surface area contributed by atoms with Gasteiger partial charge in [-0.2, -0.15) is 19.0 Å². The summed E-state index contributed by atoms with van der Waals surface area (Å²) < 4.78 is 61.3. The molecule has 1 spiro atoms. The van der Waals surface area contributed by atoms with Gasteiger partial charge < -0.3 is 5.32 Å². The average molecular weight is 552 g/mol. The standard InChI is InChI=1S/C28H25F4N7O/c1-14-10-17(11-15(2)22(14)29)38-25(21-16(3)33-13-28(6-7-28)24(21)35-38)37-9-8-36(27(37)40)20-5-4-19-18(23(20)30)12-34-39(19)26(31)32/h4-5,8-12,16,26,33H,6-7,13H2,1-3H3/t16-/m0/s1. The molecule has 12 heteroatoms. The zero-order chi connectivity index (χ0) is 28.1. The highest BCUT2D eigenvalue weighted by Crippen LogP contribution is 2.53. The number of rotatable bonds is 4. The minimum Gasteiger partial charge on any atom is -0.309 e. The molecule has 40 heavy (non-hydrogen) atoms. The van der Waals surface area contributed by atoms with E-state index in [1.165, 1.54) is 29.1 Å². The topological polar surface area (TPSA) is 74.6 Å². The van der Waals surface area contributed by atoms with E-state index in [9.17, 15) is 18.0 Å². The Bertz CT molecular complexity index is 1870. The maximum atomic E-state index is 15.5. The Kier molecular flexibility index (Phi) is 5.22. The van der Waals surface area contributed by atoms with Crippen molar-refractivity contribution in [2.45, 2.75) is 51.6 Å². The van der Waals surface area contributed by atoms with Crippen molar-refractivity contribution in [2.24, 2.45) is 0 Å².